The molecule has 4 nitrogen and oxygen atoms in total. The molecule has 0 amide bonds. The molecule has 0 atom stereocenters. The molecule has 0 aromatic heterocycles. The largest absolute Gasteiger partial charge is 0.489 e. The molecule has 0 saturated heterocycles. The first-order valence-electron chi connectivity index (χ1n) is 7.59. The van der Waals surface area contributed by atoms with Crippen LogP contribution in [0.25, 0.3) is 0 Å². The molecule has 0 heterocycles. The number of para-hydroxylation sites is 1. The lowest BCUT2D eigenvalue weighted by Crippen LogP contribution is -2.47. The molecule has 0 radical (unpaired) electrons. The summed E-state index contributed by atoms with van der Waals surface area (Å²) in [6.45, 7) is 7.05. The van der Waals surface area contributed by atoms with Gasteiger partial charge in [0.15, 0.2) is 10.9 Å². The fourth-order valence-corrected chi connectivity index (χ4v) is 2.86. The molecule has 1 aromatic rings. The van der Waals surface area contributed by atoms with Crippen molar-refractivity contribution in [2.75, 3.05) is 40.3 Å². The number of ether oxygens (including phenoxy) is 1. The van der Waals surface area contributed by atoms with E-state index in [1.807, 2.05) is 14.1 Å². The Balaban J connectivity index is 2.52. The average molecular weight is 378 g/mol. The Morgan fingerprint density at radius 3 is 2.35 bits per heavy atom. The third kappa shape index (κ3) is 7.12. The molecule has 0 bridgehead atoms. The van der Waals surface area contributed by atoms with E-state index in [-0.39, 0.29) is 6.04 Å². The van der Waals surface area contributed by atoms with Crippen LogP contribution in [0.1, 0.15) is 13.8 Å². The topological polar surface area (TPSA) is 27.7 Å². The van der Waals surface area contributed by atoms with Crippen molar-refractivity contribution < 1.29 is 4.74 Å². The van der Waals surface area contributed by atoms with Crippen molar-refractivity contribution in [3.8, 4) is 5.75 Å². The molecule has 130 valence electrons. The predicted molar refractivity (Wildman–Crippen MR) is 103 cm³/mol. The Morgan fingerprint density at radius 1 is 1.22 bits per heavy atom. The van der Waals surface area contributed by atoms with E-state index in [4.69, 9.17) is 40.2 Å². The lowest BCUT2D eigenvalue weighted by atomic mass is 10.3. The van der Waals surface area contributed by atoms with Gasteiger partial charge in [0.1, 0.15) is 6.61 Å². The summed E-state index contributed by atoms with van der Waals surface area (Å²) in [6, 6.07) is 5.59. The number of nitrogens with zero attached hydrogens (tertiary/aromatic N) is 2. The van der Waals surface area contributed by atoms with Gasteiger partial charge in [0.25, 0.3) is 0 Å². The van der Waals surface area contributed by atoms with Crippen LogP contribution in [0.5, 0.6) is 5.75 Å². The van der Waals surface area contributed by atoms with E-state index in [0.717, 1.165) is 18.2 Å². The zero-order chi connectivity index (χ0) is 17.4. The van der Waals surface area contributed by atoms with Crippen LogP contribution in [-0.4, -0.2) is 61.3 Å². The minimum Gasteiger partial charge on any atom is -0.489 e. The highest BCUT2D eigenvalue weighted by molar-refractivity contribution is 7.80. The molecule has 0 fully saturated rings. The van der Waals surface area contributed by atoms with Gasteiger partial charge in [0, 0.05) is 19.1 Å². The summed E-state index contributed by atoms with van der Waals surface area (Å²) in [6.07, 6.45) is 0. The summed E-state index contributed by atoms with van der Waals surface area (Å²) < 4.78 is 5.74. The van der Waals surface area contributed by atoms with Gasteiger partial charge >= 0.3 is 0 Å². The quantitative estimate of drug-likeness (QED) is 0.699. The van der Waals surface area contributed by atoms with Gasteiger partial charge in [-0.25, -0.2) is 0 Å². The van der Waals surface area contributed by atoms with E-state index in [0.29, 0.717) is 28.9 Å². The predicted octanol–water partition coefficient (Wildman–Crippen LogP) is 3.52. The van der Waals surface area contributed by atoms with E-state index in [1.165, 1.54) is 0 Å². The van der Waals surface area contributed by atoms with Crippen LogP contribution < -0.4 is 10.1 Å². The molecule has 1 N–H and O–H groups in total. The minimum atomic E-state index is 0.277. The van der Waals surface area contributed by atoms with Gasteiger partial charge in [-0.05, 0) is 52.3 Å². The average Bonchev–Trinajstić information content (AvgIpc) is 2.45. The molecule has 1 rings (SSSR count). The monoisotopic (exact) mass is 377 g/mol. The molecule has 0 aliphatic heterocycles. The number of hydrogen-bond donors (Lipinski definition) is 1. The molecular weight excluding hydrogens is 353 g/mol. The number of halogens is 2. The number of likely N-dealkylation sites (N-methyl/N-ethyl adjacent to an activating group) is 1. The zero-order valence-corrected chi connectivity index (χ0v) is 16.4. The van der Waals surface area contributed by atoms with Crippen LogP contribution in [0.2, 0.25) is 10.0 Å². The van der Waals surface area contributed by atoms with E-state index >= 15 is 0 Å². The summed E-state index contributed by atoms with van der Waals surface area (Å²) >= 11 is 17.7. The highest BCUT2D eigenvalue weighted by atomic mass is 35.5. The van der Waals surface area contributed by atoms with E-state index in [9.17, 15) is 0 Å². The van der Waals surface area contributed by atoms with E-state index < -0.39 is 0 Å². The Morgan fingerprint density at radius 2 is 1.83 bits per heavy atom. The first kappa shape index (κ1) is 20.3. The van der Waals surface area contributed by atoms with Crippen LogP contribution in [0, 0.1) is 0 Å². The van der Waals surface area contributed by atoms with Crippen LogP contribution in [-0.2, 0) is 0 Å². The molecule has 0 aliphatic rings. The Bertz CT molecular complexity index is 492. The minimum absolute atomic E-state index is 0.277. The number of rotatable bonds is 8. The van der Waals surface area contributed by atoms with Crippen molar-refractivity contribution in [1.82, 2.24) is 15.1 Å². The Hall–Kier alpha value is -0.750. The maximum Gasteiger partial charge on any atom is 0.169 e. The van der Waals surface area contributed by atoms with Gasteiger partial charge in [0.2, 0.25) is 0 Å². The summed E-state index contributed by atoms with van der Waals surface area (Å²) in [5.41, 5.74) is 0. The van der Waals surface area contributed by atoms with Gasteiger partial charge in [-0.15, -0.1) is 0 Å². The van der Waals surface area contributed by atoms with Crippen molar-refractivity contribution in [1.29, 1.82) is 0 Å². The summed E-state index contributed by atoms with van der Waals surface area (Å²) in [5.74, 6) is 0.519. The van der Waals surface area contributed by atoms with Crippen molar-refractivity contribution in [3.05, 3.63) is 28.2 Å². The molecule has 1 aromatic carbocycles. The molecule has 0 spiro atoms. The molecule has 0 unspecified atom stereocenters. The summed E-state index contributed by atoms with van der Waals surface area (Å²) in [5, 5.41) is 5.04. The van der Waals surface area contributed by atoms with Gasteiger partial charge in [-0.3, -0.25) is 0 Å². The van der Waals surface area contributed by atoms with Crippen molar-refractivity contribution in [2.24, 2.45) is 0 Å². The lowest BCUT2D eigenvalue weighted by molar-refractivity contribution is 0.245. The highest BCUT2D eigenvalue weighted by Gasteiger charge is 2.14. The summed E-state index contributed by atoms with van der Waals surface area (Å²) in [4.78, 5) is 4.20. The first-order chi connectivity index (χ1) is 10.8. The molecular formula is C16H25Cl2N3OS. The van der Waals surface area contributed by atoms with Gasteiger partial charge in [-0.2, -0.15) is 0 Å². The van der Waals surface area contributed by atoms with Crippen LogP contribution in [0.15, 0.2) is 18.2 Å². The molecule has 7 heteroatoms. The highest BCUT2D eigenvalue weighted by Crippen LogP contribution is 2.32. The smallest absolute Gasteiger partial charge is 0.169 e. The second-order valence-corrected chi connectivity index (χ2v) is 6.92. The van der Waals surface area contributed by atoms with Crippen molar-refractivity contribution in [3.63, 3.8) is 0 Å². The third-order valence-corrected chi connectivity index (χ3v) is 4.19. The second kappa shape index (κ2) is 10.2. The second-order valence-electron chi connectivity index (χ2n) is 5.72. The normalized spacial score (nSPS) is 11.0. The number of hydrogen-bond acceptors (Lipinski definition) is 3. The lowest BCUT2D eigenvalue weighted by Gasteiger charge is -2.30. The molecule has 0 aliphatic carbocycles. The van der Waals surface area contributed by atoms with Crippen LogP contribution in [0.3, 0.4) is 0 Å². The zero-order valence-electron chi connectivity index (χ0n) is 14.1. The number of nitrogens with one attached hydrogen (secondary N) is 1. The van der Waals surface area contributed by atoms with E-state index in [2.05, 4.69) is 29.0 Å². The summed E-state index contributed by atoms with van der Waals surface area (Å²) in [7, 11) is 4.07. The fraction of sp³-hybridized carbons (Fsp3) is 0.562. The van der Waals surface area contributed by atoms with Crippen molar-refractivity contribution in [2.45, 2.75) is 19.9 Å². The Labute approximate surface area is 154 Å². The van der Waals surface area contributed by atoms with Gasteiger partial charge in [-0.1, -0.05) is 29.3 Å². The van der Waals surface area contributed by atoms with Crippen molar-refractivity contribution >= 4 is 40.5 Å². The van der Waals surface area contributed by atoms with Gasteiger partial charge in [0.05, 0.1) is 16.6 Å². The standard InChI is InChI=1S/C16H25Cl2N3OS/c1-12(2)21(16(23)19-8-9-20(3)4)10-11-22-15-13(17)6-5-7-14(15)18/h5-7,12H,8-11H2,1-4H3,(H,19,23). The van der Waals surface area contributed by atoms with Crippen LogP contribution in [0.4, 0.5) is 0 Å². The SMILES string of the molecule is CC(C)N(CCOc1c(Cl)cccc1Cl)C(=S)NCCN(C)C. The first-order valence-corrected chi connectivity index (χ1v) is 8.75. The molecule has 0 saturated carbocycles. The van der Waals surface area contributed by atoms with E-state index in [1.54, 1.807) is 18.2 Å². The number of thiocarbonyl (C=S) groups is 1. The van der Waals surface area contributed by atoms with Crippen LogP contribution >= 0.6 is 35.4 Å². The Kier molecular flexibility index (Phi) is 8.99. The van der Waals surface area contributed by atoms with Gasteiger partial charge < -0.3 is 19.9 Å². The maximum absolute atomic E-state index is 6.10. The number of benzene rings is 1. The third-order valence-electron chi connectivity index (χ3n) is 3.22. The molecule has 23 heavy (non-hydrogen) atoms. The maximum atomic E-state index is 6.10. The fourth-order valence-electron chi connectivity index (χ4n) is 1.95.